The Morgan fingerprint density at radius 3 is 2.68 bits per heavy atom. The number of hydrogen-bond donors (Lipinski definition) is 0. The molecule has 0 aliphatic rings. The highest BCUT2D eigenvalue weighted by Crippen LogP contribution is 2.24. The summed E-state index contributed by atoms with van der Waals surface area (Å²) >= 11 is 6.00. The maximum absolute atomic E-state index is 11.2. The molecule has 0 radical (unpaired) electrons. The Morgan fingerprint density at radius 1 is 1.37 bits per heavy atom. The Hall–Kier alpha value is -1.26. The van der Waals surface area contributed by atoms with E-state index in [1.165, 1.54) is 7.11 Å². The van der Waals surface area contributed by atoms with Crippen LogP contribution in [0, 0.1) is 0 Å². The van der Waals surface area contributed by atoms with Gasteiger partial charge in [0.25, 0.3) is 0 Å². The van der Waals surface area contributed by atoms with Crippen LogP contribution in [0.4, 0.5) is 0 Å². The molecule has 0 fully saturated rings. The van der Waals surface area contributed by atoms with Gasteiger partial charge in [0.05, 0.1) is 20.6 Å². The average Bonchev–Trinajstić information content (AvgIpc) is 2.43. The molecule has 5 heteroatoms. The normalized spacial score (nSPS) is 10.6. The molecular formula is C14H20ClNO3. The van der Waals surface area contributed by atoms with E-state index < -0.39 is 0 Å². The lowest BCUT2D eigenvalue weighted by atomic mass is 10.2. The van der Waals surface area contributed by atoms with Gasteiger partial charge < -0.3 is 9.47 Å². The number of carbonyl (C=O) groups excluding carboxylic acids is 1. The van der Waals surface area contributed by atoms with Gasteiger partial charge in [-0.3, -0.25) is 9.69 Å². The Balaban J connectivity index is 2.69. The average molecular weight is 286 g/mol. The number of rotatable bonds is 7. The highest BCUT2D eigenvalue weighted by molar-refractivity contribution is 6.30. The first kappa shape index (κ1) is 15.8. The SMILES string of the molecule is CCN(CCC(=O)OC)Cc1cc(Cl)ccc1OC. The summed E-state index contributed by atoms with van der Waals surface area (Å²) < 4.78 is 9.96. The fourth-order valence-electron chi connectivity index (χ4n) is 1.81. The minimum absolute atomic E-state index is 0.198. The van der Waals surface area contributed by atoms with E-state index in [9.17, 15) is 4.79 Å². The van der Waals surface area contributed by atoms with Gasteiger partial charge in [-0.1, -0.05) is 18.5 Å². The van der Waals surface area contributed by atoms with E-state index in [0.29, 0.717) is 24.5 Å². The number of benzene rings is 1. The van der Waals surface area contributed by atoms with Crippen molar-refractivity contribution >= 4 is 17.6 Å². The van der Waals surface area contributed by atoms with Crippen molar-refractivity contribution in [2.75, 3.05) is 27.3 Å². The molecule has 0 saturated heterocycles. The summed E-state index contributed by atoms with van der Waals surface area (Å²) in [6, 6.07) is 5.54. The summed E-state index contributed by atoms with van der Waals surface area (Å²) in [5.41, 5.74) is 1.02. The monoisotopic (exact) mass is 285 g/mol. The van der Waals surface area contributed by atoms with Crippen molar-refractivity contribution in [3.63, 3.8) is 0 Å². The van der Waals surface area contributed by atoms with Gasteiger partial charge >= 0.3 is 5.97 Å². The van der Waals surface area contributed by atoms with Gasteiger partial charge in [0, 0.05) is 23.7 Å². The zero-order valence-electron chi connectivity index (χ0n) is 11.6. The number of halogens is 1. The Labute approximate surface area is 119 Å². The third-order valence-electron chi connectivity index (χ3n) is 2.94. The van der Waals surface area contributed by atoms with E-state index >= 15 is 0 Å². The third-order valence-corrected chi connectivity index (χ3v) is 3.18. The summed E-state index contributed by atoms with van der Waals surface area (Å²) in [5.74, 6) is 0.609. The highest BCUT2D eigenvalue weighted by atomic mass is 35.5. The molecule has 0 unspecified atom stereocenters. The van der Waals surface area contributed by atoms with E-state index in [4.69, 9.17) is 16.3 Å². The summed E-state index contributed by atoms with van der Waals surface area (Å²) in [7, 11) is 3.04. The number of esters is 1. The molecule has 0 heterocycles. The van der Waals surface area contributed by atoms with Gasteiger partial charge in [0.2, 0.25) is 0 Å². The van der Waals surface area contributed by atoms with Crippen LogP contribution < -0.4 is 4.74 Å². The lowest BCUT2D eigenvalue weighted by Crippen LogP contribution is -2.26. The van der Waals surface area contributed by atoms with Crippen LogP contribution >= 0.6 is 11.6 Å². The first-order valence-electron chi connectivity index (χ1n) is 6.22. The topological polar surface area (TPSA) is 38.8 Å². The largest absolute Gasteiger partial charge is 0.496 e. The van der Waals surface area contributed by atoms with Gasteiger partial charge in [-0.15, -0.1) is 0 Å². The Morgan fingerprint density at radius 2 is 2.11 bits per heavy atom. The Kier molecular flexibility index (Phi) is 6.67. The zero-order valence-corrected chi connectivity index (χ0v) is 12.4. The van der Waals surface area contributed by atoms with Crippen molar-refractivity contribution in [1.82, 2.24) is 4.90 Å². The minimum atomic E-state index is -0.198. The molecule has 0 amide bonds. The van der Waals surface area contributed by atoms with E-state index in [1.54, 1.807) is 13.2 Å². The number of methoxy groups -OCH3 is 2. The standard InChI is InChI=1S/C14H20ClNO3/c1-4-16(8-7-14(17)19-3)10-11-9-12(15)5-6-13(11)18-2/h5-6,9H,4,7-8,10H2,1-3H3. The smallest absolute Gasteiger partial charge is 0.306 e. The number of ether oxygens (including phenoxy) is 2. The predicted octanol–water partition coefficient (Wildman–Crippen LogP) is 2.73. The second-order valence-electron chi connectivity index (χ2n) is 4.15. The molecule has 0 saturated carbocycles. The second-order valence-corrected chi connectivity index (χ2v) is 4.59. The van der Waals surface area contributed by atoms with Crippen molar-refractivity contribution in [2.45, 2.75) is 19.9 Å². The van der Waals surface area contributed by atoms with Crippen molar-refractivity contribution in [3.05, 3.63) is 28.8 Å². The molecule has 106 valence electrons. The van der Waals surface area contributed by atoms with Crippen LogP contribution in [0.15, 0.2) is 18.2 Å². The van der Waals surface area contributed by atoms with Crippen molar-refractivity contribution in [3.8, 4) is 5.75 Å². The first-order chi connectivity index (χ1) is 9.10. The van der Waals surface area contributed by atoms with Crippen LogP contribution in [0.3, 0.4) is 0 Å². The first-order valence-corrected chi connectivity index (χ1v) is 6.60. The lowest BCUT2D eigenvalue weighted by molar-refractivity contribution is -0.141. The molecule has 1 aromatic rings. The number of hydrogen-bond acceptors (Lipinski definition) is 4. The van der Waals surface area contributed by atoms with Gasteiger partial charge in [0.1, 0.15) is 5.75 Å². The van der Waals surface area contributed by atoms with E-state index in [0.717, 1.165) is 17.9 Å². The minimum Gasteiger partial charge on any atom is -0.496 e. The molecular weight excluding hydrogens is 266 g/mol. The second kappa shape index (κ2) is 8.02. The van der Waals surface area contributed by atoms with Crippen LogP contribution in [0.5, 0.6) is 5.75 Å². The molecule has 0 N–H and O–H groups in total. The molecule has 0 atom stereocenters. The van der Waals surface area contributed by atoms with Crippen LogP contribution in [0.1, 0.15) is 18.9 Å². The fraction of sp³-hybridized carbons (Fsp3) is 0.500. The quantitative estimate of drug-likeness (QED) is 0.722. The molecule has 0 aliphatic carbocycles. The van der Waals surface area contributed by atoms with Crippen molar-refractivity contribution in [2.24, 2.45) is 0 Å². The molecule has 0 spiro atoms. The Bertz CT molecular complexity index is 423. The van der Waals surface area contributed by atoms with Crippen LogP contribution in [0.2, 0.25) is 5.02 Å². The van der Waals surface area contributed by atoms with Gasteiger partial charge in [0.15, 0.2) is 0 Å². The number of carbonyl (C=O) groups is 1. The van der Waals surface area contributed by atoms with Gasteiger partial charge in [-0.2, -0.15) is 0 Å². The highest BCUT2D eigenvalue weighted by Gasteiger charge is 2.11. The van der Waals surface area contributed by atoms with Crippen LogP contribution in [0.25, 0.3) is 0 Å². The molecule has 0 aliphatic heterocycles. The van der Waals surface area contributed by atoms with Crippen LogP contribution in [-0.2, 0) is 16.1 Å². The molecule has 19 heavy (non-hydrogen) atoms. The zero-order chi connectivity index (χ0) is 14.3. The lowest BCUT2D eigenvalue weighted by Gasteiger charge is -2.21. The maximum Gasteiger partial charge on any atom is 0.306 e. The molecule has 4 nitrogen and oxygen atoms in total. The molecule has 1 aromatic carbocycles. The van der Waals surface area contributed by atoms with Crippen molar-refractivity contribution < 1.29 is 14.3 Å². The van der Waals surface area contributed by atoms with Gasteiger partial charge in [-0.25, -0.2) is 0 Å². The van der Waals surface area contributed by atoms with Crippen molar-refractivity contribution in [1.29, 1.82) is 0 Å². The summed E-state index contributed by atoms with van der Waals surface area (Å²) in [5, 5.41) is 0.680. The molecule has 0 aromatic heterocycles. The summed E-state index contributed by atoms with van der Waals surface area (Å²) in [4.78, 5) is 13.3. The van der Waals surface area contributed by atoms with E-state index in [-0.39, 0.29) is 5.97 Å². The molecule has 1 rings (SSSR count). The summed E-state index contributed by atoms with van der Waals surface area (Å²) in [6.07, 6.45) is 0.382. The fourth-order valence-corrected chi connectivity index (χ4v) is 2.01. The predicted molar refractivity (Wildman–Crippen MR) is 75.6 cm³/mol. The third kappa shape index (κ3) is 5.09. The van der Waals surface area contributed by atoms with E-state index in [2.05, 4.69) is 9.64 Å². The summed E-state index contributed by atoms with van der Waals surface area (Å²) in [6.45, 7) is 4.23. The van der Waals surface area contributed by atoms with Gasteiger partial charge in [-0.05, 0) is 24.7 Å². The van der Waals surface area contributed by atoms with Crippen LogP contribution in [-0.4, -0.2) is 38.2 Å². The molecule has 0 bridgehead atoms. The van der Waals surface area contributed by atoms with E-state index in [1.807, 2.05) is 19.1 Å². The maximum atomic E-state index is 11.2. The number of nitrogens with zero attached hydrogens (tertiary/aromatic N) is 1.